The molecule has 1 saturated carbocycles. The minimum atomic E-state index is -0.491. The third-order valence-electron chi connectivity index (χ3n) is 3.72. The second-order valence-corrected chi connectivity index (χ2v) is 4.94. The maximum atomic E-state index is 10.6. The molecule has 0 aromatic carbocycles. The van der Waals surface area contributed by atoms with E-state index in [1.807, 2.05) is 0 Å². The average Bonchev–Trinajstić information content (AvgIpc) is 2.14. The van der Waals surface area contributed by atoms with Gasteiger partial charge in [0.25, 0.3) is 0 Å². The maximum absolute atomic E-state index is 10.6. The lowest BCUT2D eigenvalue weighted by atomic mass is 9.54. The van der Waals surface area contributed by atoms with Crippen molar-refractivity contribution in [2.75, 3.05) is 13.1 Å². The summed E-state index contributed by atoms with van der Waals surface area (Å²) in [5.74, 6) is 0.805. The van der Waals surface area contributed by atoms with Crippen molar-refractivity contribution in [3.05, 3.63) is 0 Å². The number of urea groups is 2. The first-order valence-corrected chi connectivity index (χ1v) is 5.40. The van der Waals surface area contributed by atoms with Crippen LogP contribution in [0.3, 0.4) is 0 Å². The van der Waals surface area contributed by atoms with Crippen molar-refractivity contribution < 1.29 is 9.59 Å². The van der Waals surface area contributed by atoms with Crippen LogP contribution in [0.25, 0.3) is 0 Å². The largest absolute Gasteiger partial charge is 0.352 e. The highest BCUT2D eigenvalue weighted by Gasteiger charge is 2.47. The summed E-state index contributed by atoms with van der Waals surface area (Å²) in [4.78, 5) is 21.2. The van der Waals surface area contributed by atoms with Crippen LogP contribution in [0, 0.1) is 17.3 Å². The van der Waals surface area contributed by atoms with Gasteiger partial charge in [-0.3, -0.25) is 0 Å². The second-order valence-electron chi connectivity index (χ2n) is 4.94. The van der Waals surface area contributed by atoms with Crippen LogP contribution in [0.4, 0.5) is 9.59 Å². The zero-order valence-electron chi connectivity index (χ0n) is 9.75. The van der Waals surface area contributed by atoms with E-state index >= 15 is 0 Å². The molecule has 4 amide bonds. The van der Waals surface area contributed by atoms with Gasteiger partial charge in [-0.1, -0.05) is 13.8 Å². The molecule has 0 heterocycles. The van der Waals surface area contributed by atoms with Gasteiger partial charge in [-0.25, -0.2) is 9.59 Å². The van der Waals surface area contributed by atoms with Crippen LogP contribution in [0.5, 0.6) is 0 Å². The molecule has 1 aliphatic rings. The van der Waals surface area contributed by atoms with Crippen molar-refractivity contribution in [2.24, 2.45) is 28.7 Å². The van der Waals surface area contributed by atoms with E-state index in [0.717, 1.165) is 6.42 Å². The van der Waals surface area contributed by atoms with Crippen molar-refractivity contribution in [1.29, 1.82) is 0 Å². The van der Waals surface area contributed by atoms with Gasteiger partial charge in [0.05, 0.1) is 0 Å². The molecule has 6 heteroatoms. The molecule has 2 atom stereocenters. The fraction of sp³-hybridized carbons (Fsp3) is 0.800. The van der Waals surface area contributed by atoms with E-state index in [1.165, 1.54) is 0 Å². The average molecular weight is 228 g/mol. The minimum Gasteiger partial charge on any atom is -0.352 e. The topological polar surface area (TPSA) is 110 Å². The van der Waals surface area contributed by atoms with Crippen LogP contribution in [-0.2, 0) is 0 Å². The summed E-state index contributed by atoms with van der Waals surface area (Å²) in [6.07, 6.45) is 0.966. The molecule has 0 saturated heterocycles. The first kappa shape index (κ1) is 12.6. The molecular weight excluding hydrogens is 208 g/mol. The van der Waals surface area contributed by atoms with Gasteiger partial charge in [-0.2, -0.15) is 0 Å². The number of carbonyl (C=O) groups is 2. The second kappa shape index (κ2) is 4.59. The summed E-state index contributed by atoms with van der Waals surface area (Å²) in [6, 6.07) is -0.982. The van der Waals surface area contributed by atoms with Gasteiger partial charge < -0.3 is 22.1 Å². The van der Waals surface area contributed by atoms with Gasteiger partial charge in [0.15, 0.2) is 0 Å². The highest BCUT2D eigenvalue weighted by molar-refractivity contribution is 5.72. The lowest BCUT2D eigenvalue weighted by molar-refractivity contribution is -0.0144. The Bertz CT molecular complexity index is 265. The molecule has 6 nitrogen and oxygen atoms in total. The summed E-state index contributed by atoms with van der Waals surface area (Å²) in [6.45, 7) is 5.43. The highest BCUT2D eigenvalue weighted by atomic mass is 16.2. The number of nitrogens with one attached hydrogen (secondary N) is 2. The third-order valence-corrected chi connectivity index (χ3v) is 3.72. The monoisotopic (exact) mass is 228 g/mol. The molecule has 6 N–H and O–H groups in total. The van der Waals surface area contributed by atoms with E-state index in [0.29, 0.717) is 24.9 Å². The Balaban J connectivity index is 2.34. The number of primary amides is 2. The standard InChI is InChI=1S/C10H20N4O2/c1-10(2)6(4-13-8(11)15)3-7(10)5-14-9(12)16/h6-7H,3-5H2,1-2H3,(H3,11,13,15)(H3,12,14,16). The van der Waals surface area contributed by atoms with E-state index < -0.39 is 12.1 Å². The summed E-state index contributed by atoms with van der Waals surface area (Å²) >= 11 is 0. The Morgan fingerprint density at radius 1 is 1.12 bits per heavy atom. The number of hydrogen-bond acceptors (Lipinski definition) is 2. The molecule has 1 fully saturated rings. The number of amides is 4. The Morgan fingerprint density at radius 3 is 1.75 bits per heavy atom. The summed E-state index contributed by atoms with van der Waals surface area (Å²) < 4.78 is 0. The van der Waals surface area contributed by atoms with Gasteiger partial charge in [0.2, 0.25) is 0 Å². The van der Waals surface area contributed by atoms with Gasteiger partial charge in [0.1, 0.15) is 0 Å². The van der Waals surface area contributed by atoms with Gasteiger partial charge in [-0.05, 0) is 23.7 Å². The summed E-state index contributed by atoms with van der Waals surface area (Å²) in [5.41, 5.74) is 10.1. The van der Waals surface area contributed by atoms with Crippen LogP contribution in [0.15, 0.2) is 0 Å². The van der Waals surface area contributed by atoms with Crippen LogP contribution in [0.1, 0.15) is 20.3 Å². The van der Waals surface area contributed by atoms with Crippen LogP contribution < -0.4 is 22.1 Å². The highest BCUT2D eigenvalue weighted by Crippen LogP contribution is 2.50. The zero-order valence-corrected chi connectivity index (χ0v) is 9.75. The summed E-state index contributed by atoms with van der Waals surface area (Å²) in [7, 11) is 0. The normalized spacial score (nSPS) is 26.6. The van der Waals surface area contributed by atoms with E-state index in [9.17, 15) is 9.59 Å². The molecule has 0 aliphatic heterocycles. The van der Waals surface area contributed by atoms with Gasteiger partial charge >= 0.3 is 12.1 Å². The minimum absolute atomic E-state index is 0.0882. The summed E-state index contributed by atoms with van der Waals surface area (Å²) in [5, 5.41) is 5.23. The molecular formula is C10H20N4O2. The molecule has 0 aromatic heterocycles. The predicted octanol–water partition coefficient (Wildman–Crippen LogP) is -0.0147. The smallest absolute Gasteiger partial charge is 0.312 e. The fourth-order valence-electron chi connectivity index (χ4n) is 2.26. The molecule has 0 aromatic rings. The van der Waals surface area contributed by atoms with Crippen LogP contribution in [0.2, 0.25) is 0 Å². The first-order valence-electron chi connectivity index (χ1n) is 5.40. The molecule has 92 valence electrons. The number of nitrogens with two attached hydrogens (primary N) is 2. The van der Waals surface area contributed by atoms with E-state index in [-0.39, 0.29) is 5.41 Å². The van der Waals surface area contributed by atoms with E-state index in [4.69, 9.17) is 11.5 Å². The molecule has 1 aliphatic carbocycles. The molecule has 0 radical (unpaired) electrons. The Labute approximate surface area is 95.1 Å². The number of carbonyl (C=O) groups excluding carboxylic acids is 2. The molecule has 2 unspecified atom stereocenters. The Hall–Kier alpha value is -1.46. The van der Waals surface area contributed by atoms with Crippen molar-refractivity contribution in [3.63, 3.8) is 0 Å². The van der Waals surface area contributed by atoms with Crippen molar-refractivity contribution in [2.45, 2.75) is 20.3 Å². The molecule has 16 heavy (non-hydrogen) atoms. The van der Waals surface area contributed by atoms with E-state index in [1.54, 1.807) is 0 Å². The molecule has 0 spiro atoms. The Morgan fingerprint density at radius 2 is 1.50 bits per heavy atom. The quantitative estimate of drug-likeness (QED) is 0.542. The van der Waals surface area contributed by atoms with Crippen LogP contribution in [-0.4, -0.2) is 25.2 Å². The van der Waals surface area contributed by atoms with Crippen molar-refractivity contribution in [3.8, 4) is 0 Å². The Kier molecular flexibility index (Phi) is 3.62. The molecule has 1 rings (SSSR count). The third kappa shape index (κ3) is 2.77. The molecule has 0 bridgehead atoms. The van der Waals surface area contributed by atoms with E-state index in [2.05, 4.69) is 24.5 Å². The zero-order chi connectivity index (χ0) is 12.3. The SMILES string of the molecule is CC1(C)C(CNC(N)=O)CC1CNC(N)=O. The van der Waals surface area contributed by atoms with Gasteiger partial charge in [-0.15, -0.1) is 0 Å². The predicted molar refractivity (Wildman–Crippen MR) is 60.6 cm³/mol. The number of rotatable bonds is 4. The maximum Gasteiger partial charge on any atom is 0.312 e. The number of hydrogen-bond donors (Lipinski definition) is 4. The van der Waals surface area contributed by atoms with Crippen molar-refractivity contribution >= 4 is 12.1 Å². The van der Waals surface area contributed by atoms with Crippen molar-refractivity contribution in [1.82, 2.24) is 10.6 Å². The lowest BCUT2D eigenvalue weighted by Gasteiger charge is -2.52. The lowest BCUT2D eigenvalue weighted by Crippen LogP contribution is -2.54. The first-order chi connectivity index (χ1) is 7.34. The van der Waals surface area contributed by atoms with Crippen LogP contribution >= 0.6 is 0 Å². The van der Waals surface area contributed by atoms with Gasteiger partial charge in [0, 0.05) is 13.1 Å². The fourth-order valence-corrected chi connectivity index (χ4v) is 2.26.